The molecule has 1 saturated heterocycles. The molecule has 96 valence electrons. The molecule has 2 unspecified atom stereocenters. The molecule has 3 heteroatoms. The Morgan fingerprint density at radius 3 is 2.62 bits per heavy atom. The Kier molecular flexibility index (Phi) is 6.60. The Labute approximate surface area is 110 Å². The van der Waals surface area contributed by atoms with Crippen LogP contribution < -0.4 is 5.32 Å². The Balaban J connectivity index is 2.07. The average Bonchev–Trinajstić information content (AvgIpc) is 2.62. The molecule has 0 aromatic carbocycles. The highest BCUT2D eigenvalue weighted by Gasteiger charge is 2.29. The third-order valence-electron chi connectivity index (χ3n) is 2.94. The van der Waals surface area contributed by atoms with Gasteiger partial charge in [-0.2, -0.15) is 23.5 Å². The molecule has 1 rings (SSSR count). The van der Waals surface area contributed by atoms with Crippen molar-refractivity contribution >= 4 is 23.5 Å². The standard InChI is InChI=1S/C13H27NS2/c1-11(2)8-15-9-12(3)14-10-13(4)6-5-7-16-13/h11-12,14H,5-10H2,1-4H3. The number of hydrogen-bond donors (Lipinski definition) is 1. The van der Waals surface area contributed by atoms with Crippen LogP contribution >= 0.6 is 23.5 Å². The zero-order chi connectivity index (χ0) is 12.0. The summed E-state index contributed by atoms with van der Waals surface area (Å²) in [5.41, 5.74) is 0. The van der Waals surface area contributed by atoms with Crippen LogP contribution in [0.3, 0.4) is 0 Å². The van der Waals surface area contributed by atoms with E-state index < -0.39 is 0 Å². The van der Waals surface area contributed by atoms with E-state index in [1.165, 1.54) is 36.6 Å². The minimum Gasteiger partial charge on any atom is -0.312 e. The highest BCUT2D eigenvalue weighted by Crippen LogP contribution is 2.37. The summed E-state index contributed by atoms with van der Waals surface area (Å²) in [5, 5.41) is 3.70. The molecule has 0 amide bonds. The number of hydrogen-bond acceptors (Lipinski definition) is 3. The van der Waals surface area contributed by atoms with E-state index in [0.717, 1.165) is 5.92 Å². The number of rotatable bonds is 7. The first kappa shape index (κ1) is 14.7. The number of nitrogens with one attached hydrogen (secondary N) is 1. The molecule has 2 atom stereocenters. The second-order valence-electron chi connectivity index (χ2n) is 5.62. The largest absolute Gasteiger partial charge is 0.312 e. The van der Waals surface area contributed by atoms with Crippen molar-refractivity contribution in [2.45, 2.75) is 51.3 Å². The van der Waals surface area contributed by atoms with E-state index in [9.17, 15) is 0 Å². The van der Waals surface area contributed by atoms with Gasteiger partial charge >= 0.3 is 0 Å². The number of thioether (sulfide) groups is 2. The van der Waals surface area contributed by atoms with Gasteiger partial charge in [-0.1, -0.05) is 13.8 Å². The fourth-order valence-electron chi connectivity index (χ4n) is 1.91. The monoisotopic (exact) mass is 261 g/mol. The van der Waals surface area contributed by atoms with Gasteiger partial charge in [-0.3, -0.25) is 0 Å². The maximum atomic E-state index is 3.70. The van der Waals surface area contributed by atoms with Gasteiger partial charge in [0.25, 0.3) is 0 Å². The minimum atomic E-state index is 0.511. The van der Waals surface area contributed by atoms with E-state index in [2.05, 4.69) is 56.5 Å². The van der Waals surface area contributed by atoms with Crippen LogP contribution in [0.1, 0.15) is 40.5 Å². The molecule has 0 spiro atoms. The first-order valence-electron chi connectivity index (χ1n) is 6.47. The van der Waals surface area contributed by atoms with Crippen molar-refractivity contribution in [2.24, 2.45) is 5.92 Å². The molecule has 0 radical (unpaired) electrons. The minimum absolute atomic E-state index is 0.511. The van der Waals surface area contributed by atoms with E-state index in [4.69, 9.17) is 0 Å². The summed E-state index contributed by atoms with van der Waals surface area (Å²) in [6.45, 7) is 10.5. The van der Waals surface area contributed by atoms with Gasteiger partial charge in [-0.25, -0.2) is 0 Å². The van der Waals surface area contributed by atoms with Crippen LogP contribution in [0, 0.1) is 5.92 Å². The van der Waals surface area contributed by atoms with Crippen LogP contribution in [0.15, 0.2) is 0 Å². The van der Waals surface area contributed by atoms with Gasteiger partial charge in [0.1, 0.15) is 0 Å². The van der Waals surface area contributed by atoms with E-state index in [1.807, 2.05) is 0 Å². The lowest BCUT2D eigenvalue weighted by Crippen LogP contribution is -2.39. The maximum absolute atomic E-state index is 3.70. The molecule has 1 nitrogen and oxygen atoms in total. The molecule has 1 heterocycles. The third kappa shape index (κ3) is 5.83. The lowest BCUT2D eigenvalue weighted by Gasteiger charge is -2.25. The Morgan fingerprint density at radius 2 is 2.06 bits per heavy atom. The van der Waals surface area contributed by atoms with Crippen LogP contribution in [-0.2, 0) is 0 Å². The summed E-state index contributed by atoms with van der Waals surface area (Å²) >= 11 is 4.23. The maximum Gasteiger partial charge on any atom is 0.0256 e. The van der Waals surface area contributed by atoms with Gasteiger partial charge in [0.05, 0.1) is 0 Å². The normalized spacial score (nSPS) is 27.6. The summed E-state index contributed by atoms with van der Waals surface area (Å²) in [4.78, 5) is 0. The highest BCUT2D eigenvalue weighted by atomic mass is 32.2. The molecule has 0 saturated carbocycles. The SMILES string of the molecule is CC(C)CSCC(C)NCC1(C)CCCS1. The lowest BCUT2D eigenvalue weighted by molar-refractivity contribution is 0.501. The van der Waals surface area contributed by atoms with Gasteiger partial charge in [0.2, 0.25) is 0 Å². The van der Waals surface area contributed by atoms with Crippen molar-refractivity contribution in [3.05, 3.63) is 0 Å². The third-order valence-corrected chi connectivity index (χ3v) is 6.12. The first-order chi connectivity index (χ1) is 7.52. The summed E-state index contributed by atoms with van der Waals surface area (Å²) in [6, 6.07) is 0.654. The Morgan fingerprint density at radius 1 is 1.31 bits per heavy atom. The summed E-state index contributed by atoms with van der Waals surface area (Å²) in [5.74, 6) is 4.71. The topological polar surface area (TPSA) is 12.0 Å². The summed E-state index contributed by atoms with van der Waals surface area (Å²) in [6.07, 6.45) is 2.79. The van der Waals surface area contributed by atoms with Gasteiger partial charge in [0.15, 0.2) is 0 Å². The molecule has 0 aliphatic carbocycles. The highest BCUT2D eigenvalue weighted by molar-refractivity contribution is 8.00. The van der Waals surface area contributed by atoms with Crippen LogP contribution in [-0.4, -0.2) is 34.6 Å². The van der Waals surface area contributed by atoms with Crippen LogP contribution in [0.25, 0.3) is 0 Å². The van der Waals surface area contributed by atoms with Crippen molar-refractivity contribution in [1.29, 1.82) is 0 Å². The van der Waals surface area contributed by atoms with Crippen molar-refractivity contribution < 1.29 is 0 Å². The Bertz CT molecular complexity index is 188. The van der Waals surface area contributed by atoms with E-state index in [1.54, 1.807) is 0 Å². The fraction of sp³-hybridized carbons (Fsp3) is 1.00. The van der Waals surface area contributed by atoms with E-state index >= 15 is 0 Å². The molecular weight excluding hydrogens is 234 g/mol. The van der Waals surface area contributed by atoms with Crippen molar-refractivity contribution in [3.63, 3.8) is 0 Å². The van der Waals surface area contributed by atoms with Gasteiger partial charge in [-0.15, -0.1) is 0 Å². The average molecular weight is 261 g/mol. The molecule has 1 fully saturated rings. The molecule has 0 aromatic rings. The smallest absolute Gasteiger partial charge is 0.0256 e. The van der Waals surface area contributed by atoms with E-state index in [0.29, 0.717) is 10.8 Å². The molecule has 0 aromatic heterocycles. The van der Waals surface area contributed by atoms with Crippen LogP contribution in [0.4, 0.5) is 0 Å². The second kappa shape index (κ2) is 7.17. The first-order valence-corrected chi connectivity index (χ1v) is 8.61. The zero-order valence-electron chi connectivity index (χ0n) is 11.2. The predicted molar refractivity (Wildman–Crippen MR) is 79.7 cm³/mol. The lowest BCUT2D eigenvalue weighted by atomic mass is 10.1. The predicted octanol–water partition coefficient (Wildman–Crippen LogP) is 3.64. The van der Waals surface area contributed by atoms with Crippen LogP contribution in [0.2, 0.25) is 0 Å². The van der Waals surface area contributed by atoms with Crippen molar-refractivity contribution in [2.75, 3.05) is 23.8 Å². The van der Waals surface area contributed by atoms with Crippen molar-refractivity contribution in [1.82, 2.24) is 5.32 Å². The molecule has 1 aliphatic heterocycles. The Hall–Kier alpha value is 0.660. The molecular formula is C13H27NS2. The summed E-state index contributed by atoms with van der Waals surface area (Å²) < 4.78 is 0.511. The second-order valence-corrected chi connectivity index (χ2v) is 8.37. The fourth-order valence-corrected chi connectivity index (χ4v) is 4.24. The van der Waals surface area contributed by atoms with Gasteiger partial charge in [-0.05, 0) is 44.1 Å². The summed E-state index contributed by atoms with van der Waals surface area (Å²) in [7, 11) is 0. The van der Waals surface area contributed by atoms with Crippen LogP contribution in [0.5, 0.6) is 0 Å². The zero-order valence-corrected chi connectivity index (χ0v) is 12.8. The quantitative estimate of drug-likeness (QED) is 0.751. The van der Waals surface area contributed by atoms with E-state index in [-0.39, 0.29) is 0 Å². The van der Waals surface area contributed by atoms with Gasteiger partial charge in [0, 0.05) is 23.1 Å². The molecule has 16 heavy (non-hydrogen) atoms. The van der Waals surface area contributed by atoms with Gasteiger partial charge < -0.3 is 5.32 Å². The molecule has 1 aliphatic rings. The molecule has 0 bridgehead atoms. The molecule has 1 N–H and O–H groups in total. The van der Waals surface area contributed by atoms with Crippen molar-refractivity contribution in [3.8, 4) is 0 Å².